The van der Waals surface area contributed by atoms with Gasteiger partial charge in [-0.2, -0.15) is 5.26 Å². The summed E-state index contributed by atoms with van der Waals surface area (Å²) in [5, 5.41) is 17.7. The van der Waals surface area contributed by atoms with Gasteiger partial charge in [-0.25, -0.2) is 0 Å². The third kappa shape index (κ3) is 3.24. The fourth-order valence-electron chi connectivity index (χ4n) is 2.13. The number of aryl methyl sites for hydroxylation is 1. The number of carboxylic acid groups (broad SMARTS) is 1. The minimum absolute atomic E-state index is 0.0702. The molecular weight excluding hydrogens is 228 g/mol. The van der Waals surface area contributed by atoms with Crippen LogP contribution in [0.5, 0.6) is 0 Å². The lowest BCUT2D eigenvalue weighted by Crippen LogP contribution is -2.35. The maximum Gasteiger partial charge on any atom is 0.305 e. The molecule has 0 radical (unpaired) electrons. The second-order valence-corrected chi connectivity index (χ2v) is 4.35. The molecule has 0 aliphatic carbocycles. The van der Waals surface area contributed by atoms with Crippen molar-refractivity contribution in [2.45, 2.75) is 33.2 Å². The van der Waals surface area contributed by atoms with E-state index in [0.717, 1.165) is 17.8 Å². The maximum absolute atomic E-state index is 10.8. The summed E-state index contributed by atoms with van der Waals surface area (Å²) in [5.41, 5.74) is 2.61. The normalized spacial score (nSPS) is 11.7. The summed E-state index contributed by atoms with van der Waals surface area (Å²) in [6, 6.07) is 7.50. The molecule has 0 heterocycles. The number of rotatable bonds is 5. The molecule has 0 bridgehead atoms. The van der Waals surface area contributed by atoms with Crippen molar-refractivity contribution < 1.29 is 9.90 Å². The van der Waals surface area contributed by atoms with Crippen LogP contribution >= 0.6 is 0 Å². The third-order valence-electron chi connectivity index (χ3n) is 2.98. The van der Waals surface area contributed by atoms with Gasteiger partial charge in [-0.1, -0.05) is 0 Å². The number of hydrogen-bond acceptors (Lipinski definition) is 3. The minimum Gasteiger partial charge on any atom is -0.481 e. The smallest absolute Gasteiger partial charge is 0.305 e. The molecule has 0 fully saturated rings. The lowest BCUT2D eigenvalue weighted by molar-refractivity contribution is -0.137. The number of nitrogens with zero attached hydrogens (tertiary/aromatic N) is 2. The van der Waals surface area contributed by atoms with E-state index in [1.165, 1.54) is 0 Å². The van der Waals surface area contributed by atoms with E-state index < -0.39 is 5.97 Å². The van der Waals surface area contributed by atoms with Crippen molar-refractivity contribution in [2.24, 2.45) is 0 Å². The van der Waals surface area contributed by atoms with E-state index in [1.807, 2.05) is 37.8 Å². The van der Waals surface area contributed by atoms with Crippen molar-refractivity contribution >= 4 is 11.7 Å². The Bertz CT molecular complexity index is 477. The highest BCUT2D eigenvalue weighted by Gasteiger charge is 2.17. The van der Waals surface area contributed by atoms with Crippen molar-refractivity contribution in [1.82, 2.24) is 0 Å². The molecule has 1 aromatic carbocycles. The highest BCUT2D eigenvalue weighted by atomic mass is 16.4. The first-order chi connectivity index (χ1) is 8.49. The molecule has 4 nitrogen and oxygen atoms in total. The van der Waals surface area contributed by atoms with Crippen LogP contribution in [-0.2, 0) is 4.79 Å². The van der Waals surface area contributed by atoms with Gasteiger partial charge in [0.05, 0.1) is 18.1 Å². The van der Waals surface area contributed by atoms with E-state index in [1.54, 1.807) is 6.07 Å². The van der Waals surface area contributed by atoms with Crippen molar-refractivity contribution in [1.29, 1.82) is 5.26 Å². The van der Waals surface area contributed by atoms with Gasteiger partial charge < -0.3 is 10.0 Å². The zero-order valence-corrected chi connectivity index (χ0v) is 11.0. The first-order valence-electron chi connectivity index (χ1n) is 5.98. The minimum atomic E-state index is -0.799. The summed E-state index contributed by atoms with van der Waals surface area (Å²) in [6.07, 6.45) is 0.104. The van der Waals surface area contributed by atoms with Gasteiger partial charge >= 0.3 is 5.97 Å². The Balaban J connectivity index is 3.02. The summed E-state index contributed by atoms with van der Waals surface area (Å²) in [7, 11) is 0. The molecule has 96 valence electrons. The fraction of sp³-hybridized carbons (Fsp3) is 0.429. The SMILES string of the molecule is CCN(c1ccc(C#N)cc1C)C(C)CC(=O)O. The summed E-state index contributed by atoms with van der Waals surface area (Å²) < 4.78 is 0. The molecular formula is C14H18N2O2. The topological polar surface area (TPSA) is 64.3 Å². The molecule has 0 aromatic heterocycles. The molecule has 0 spiro atoms. The molecule has 1 N–H and O–H groups in total. The number of anilines is 1. The number of carboxylic acids is 1. The highest BCUT2D eigenvalue weighted by molar-refractivity contribution is 5.69. The first kappa shape index (κ1) is 14.0. The van der Waals surface area contributed by atoms with Crippen LogP contribution in [0.4, 0.5) is 5.69 Å². The predicted molar refractivity (Wildman–Crippen MR) is 70.6 cm³/mol. The van der Waals surface area contributed by atoms with Crippen molar-refractivity contribution in [3.8, 4) is 6.07 Å². The fourth-order valence-corrected chi connectivity index (χ4v) is 2.13. The van der Waals surface area contributed by atoms with Gasteiger partial charge in [-0.15, -0.1) is 0 Å². The van der Waals surface area contributed by atoms with Gasteiger partial charge in [-0.05, 0) is 44.5 Å². The lowest BCUT2D eigenvalue weighted by Gasteiger charge is -2.30. The van der Waals surface area contributed by atoms with Crippen LogP contribution in [0.1, 0.15) is 31.4 Å². The van der Waals surface area contributed by atoms with E-state index in [9.17, 15) is 4.79 Å². The molecule has 0 amide bonds. The van der Waals surface area contributed by atoms with Gasteiger partial charge in [0.2, 0.25) is 0 Å². The Morgan fingerprint density at radius 1 is 1.56 bits per heavy atom. The third-order valence-corrected chi connectivity index (χ3v) is 2.98. The van der Waals surface area contributed by atoms with Gasteiger partial charge in [0.1, 0.15) is 0 Å². The summed E-state index contributed by atoms with van der Waals surface area (Å²) in [6.45, 7) is 6.57. The van der Waals surface area contributed by atoms with E-state index in [-0.39, 0.29) is 12.5 Å². The Morgan fingerprint density at radius 2 is 2.22 bits per heavy atom. The van der Waals surface area contributed by atoms with Crippen LogP contribution < -0.4 is 4.90 Å². The van der Waals surface area contributed by atoms with Crippen LogP contribution in [-0.4, -0.2) is 23.7 Å². The number of carbonyl (C=O) groups is 1. The Kier molecular flexibility index (Phi) is 4.73. The molecule has 1 unspecified atom stereocenters. The van der Waals surface area contributed by atoms with E-state index in [2.05, 4.69) is 6.07 Å². The highest BCUT2D eigenvalue weighted by Crippen LogP contribution is 2.24. The molecule has 4 heteroatoms. The molecule has 0 aliphatic heterocycles. The molecule has 0 saturated heterocycles. The second-order valence-electron chi connectivity index (χ2n) is 4.35. The van der Waals surface area contributed by atoms with Crippen LogP contribution in [0.15, 0.2) is 18.2 Å². The number of hydrogen-bond donors (Lipinski definition) is 1. The van der Waals surface area contributed by atoms with E-state index in [0.29, 0.717) is 5.56 Å². The molecule has 18 heavy (non-hydrogen) atoms. The Morgan fingerprint density at radius 3 is 2.67 bits per heavy atom. The van der Waals surface area contributed by atoms with Gasteiger partial charge in [-0.3, -0.25) is 4.79 Å². The first-order valence-corrected chi connectivity index (χ1v) is 5.98. The zero-order chi connectivity index (χ0) is 13.7. The zero-order valence-electron chi connectivity index (χ0n) is 11.0. The van der Waals surface area contributed by atoms with E-state index >= 15 is 0 Å². The van der Waals surface area contributed by atoms with Crippen LogP contribution in [0.3, 0.4) is 0 Å². The second kappa shape index (κ2) is 6.06. The van der Waals surface area contributed by atoms with Crippen molar-refractivity contribution in [3.63, 3.8) is 0 Å². The lowest BCUT2D eigenvalue weighted by atomic mass is 10.1. The summed E-state index contributed by atoms with van der Waals surface area (Å²) in [4.78, 5) is 12.8. The van der Waals surface area contributed by atoms with Gasteiger partial charge in [0.25, 0.3) is 0 Å². The summed E-state index contributed by atoms with van der Waals surface area (Å²) >= 11 is 0. The van der Waals surface area contributed by atoms with Crippen molar-refractivity contribution in [2.75, 3.05) is 11.4 Å². The van der Waals surface area contributed by atoms with Crippen LogP contribution in [0, 0.1) is 18.3 Å². The van der Waals surface area contributed by atoms with Crippen LogP contribution in [0.25, 0.3) is 0 Å². The van der Waals surface area contributed by atoms with Gasteiger partial charge in [0, 0.05) is 18.3 Å². The summed E-state index contributed by atoms with van der Waals surface area (Å²) in [5.74, 6) is -0.799. The largest absolute Gasteiger partial charge is 0.481 e. The Labute approximate surface area is 107 Å². The standard InChI is InChI=1S/C14H18N2O2/c1-4-16(11(3)8-14(17)18)13-6-5-12(9-15)7-10(13)2/h5-7,11H,4,8H2,1-3H3,(H,17,18). The quantitative estimate of drug-likeness (QED) is 0.867. The number of benzene rings is 1. The molecule has 1 rings (SSSR count). The van der Waals surface area contributed by atoms with E-state index in [4.69, 9.17) is 10.4 Å². The monoisotopic (exact) mass is 246 g/mol. The number of nitriles is 1. The average Bonchev–Trinajstić information content (AvgIpc) is 2.31. The van der Waals surface area contributed by atoms with Crippen molar-refractivity contribution in [3.05, 3.63) is 29.3 Å². The molecule has 0 aliphatic rings. The average molecular weight is 246 g/mol. The maximum atomic E-state index is 10.8. The molecule has 0 saturated carbocycles. The number of aliphatic carboxylic acids is 1. The van der Waals surface area contributed by atoms with Crippen LogP contribution in [0.2, 0.25) is 0 Å². The van der Waals surface area contributed by atoms with Gasteiger partial charge in [0.15, 0.2) is 0 Å². The molecule has 1 aromatic rings. The molecule has 1 atom stereocenters. The predicted octanol–water partition coefficient (Wildman–Crippen LogP) is 2.56. The Hall–Kier alpha value is -2.02.